The van der Waals surface area contributed by atoms with Crippen molar-refractivity contribution in [2.75, 3.05) is 0 Å². The Labute approximate surface area is 112 Å². The molecule has 0 aromatic carbocycles. The van der Waals surface area contributed by atoms with Crippen molar-refractivity contribution < 1.29 is 9.90 Å². The molecule has 1 heterocycles. The average Bonchev–Trinajstić information content (AvgIpc) is 2.78. The molecular weight excluding hydrogens is 242 g/mol. The first kappa shape index (κ1) is 13.6. The Balaban J connectivity index is 2.52. The van der Waals surface area contributed by atoms with E-state index in [0.717, 1.165) is 31.0 Å². The van der Waals surface area contributed by atoms with Gasteiger partial charge in [-0.15, -0.1) is 0 Å². The van der Waals surface area contributed by atoms with Crippen molar-refractivity contribution in [3.8, 4) is 0 Å². The number of hydrogen-bond donors (Lipinski definition) is 1. The van der Waals surface area contributed by atoms with Gasteiger partial charge in [-0.05, 0) is 42.9 Å². The summed E-state index contributed by atoms with van der Waals surface area (Å²) in [6.07, 6.45) is 5.42. The largest absolute Gasteiger partial charge is 0.478 e. The summed E-state index contributed by atoms with van der Waals surface area (Å²) in [7, 11) is 0. The predicted octanol–water partition coefficient (Wildman–Crippen LogP) is 2.09. The van der Waals surface area contributed by atoms with Crippen LogP contribution in [0.25, 0.3) is 6.08 Å². The van der Waals surface area contributed by atoms with Crippen LogP contribution in [0.4, 0.5) is 0 Å². The molecule has 1 N–H and O–H groups in total. The summed E-state index contributed by atoms with van der Waals surface area (Å²) in [4.78, 5) is 23.0. The monoisotopic (exact) mass is 261 g/mol. The van der Waals surface area contributed by atoms with E-state index in [0.29, 0.717) is 18.0 Å². The van der Waals surface area contributed by atoms with Crippen molar-refractivity contribution in [2.45, 2.75) is 39.7 Å². The highest BCUT2D eigenvalue weighted by Gasteiger charge is 2.18. The second-order valence-electron chi connectivity index (χ2n) is 5.41. The van der Waals surface area contributed by atoms with Gasteiger partial charge in [0.2, 0.25) is 0 Å². The van der Waals surface area contributed by atoms with Gasteiger partial charge in [0.1, 0.15) is 0 Å². The van der Waals surface area contributed by atoms with E-state index < -0.39 is 5.97 Å². The Kier molecular flexibility index (Phi) is 3.88. The Morgan fingerprint density at radius 3 is 2.84 bits per heavy atom. The van der Waals surface area contributed by atoms with Gasteiger partial charge in [0, 0.05) is 23.9 Å². The predicted molar refractivity (Wildman–Crippen MR) is 74.2 cm³/mol. The highest BCUT2D eigenvalue weighted by atomic mass is 16.4. The molecule has 0 unspecified atom stereocenters. The lowest BCUT2D eigenvalue weighted by molar-refractivity contribution is -0.131. The van der Waals surface area contributed by atoms with E-state index in [1.165, 1.54) is 11.6 Å². The number of pyridine rings is 1. The molecule has 1 aliphatic carbocycles. The van der Waals surface area contributed by atoms with Gasteiger partial charge >= 0.3 is 5.97 Å². The summed E-state index contributed by atoms with van der Waals surface area (Å²) in [6, 6.07) is 1.85. The fourth-order valence-corrected chi connectivity index (χ4v) is 2.58. The molecule has 0 amide bonds. The standard InChI is InChI=1S/C15H19NO3/c1-10(2)9-16-13-5-3-4-11(13)8-12(15(16)19)6-7-14(17)18/h6-8,10H,3-5,9H2,1-2H3,(H,17,18)/b7-6+. The number of carboxylic acids is 1. The minimum atomic E-state index is -1.03. The Hall–Kier alpha value is -1.84. The zero-order chi connectivity index (χ0) is 14.0. The van der Waals surface area contributed by atoms with E-state index >= 15 is 0 Å². The van der Waals surface area contributed by atoms with E-state index in [1.54, 1.807) is 0 Å². The van der Waals surface area contributed by atoms with Gasteiger partial charge in [0.15, 0.2) is 0 Å². The van der Waals surface area contributed by atoms with Crippen LogP contribution in [0.15, 0.2) is 16.9 Å². The van der Waals surface area contributed by atoms with Crippen LogP contribution in [0, 0.1) is 5.92 Å². The summed E-state index contributed by atoms with van der Waals surface area (Å²) >= 11 is 0. The number of nitrogens with zero attached hydrogens (tertiary/aromatic N) is 1. The molecule has 1 aromatic rings. The molecule has 4 nitrogen and oxygen atoms in total. The Morgan fingerprint density at radius 2 is 2.21 bits per heavy atom. The van der Waals surface area contributed by atoms with Crippen LogP contribution in [-0.2, 0) is 24.2 Å². The summed E-state index contributed by atoms with van der Waals surface area (Å²) in [6.45, 7) is 4.84. The van der Waals surface area contributed by atoms with Crippen LogP contribution in [0.3, 0.4) is 0 Å². The lowest BCUT2D eigenvalue weighted by Crippen LogP contribution is -2.27. The maximum Gasteiger partial charge on any atom is 0.328 e. The number of aliphatic carboxylic acids is 1. The summed E-state index contributed by atoms with van der Waals surface area (Å²) < 4.78 is 1.83. The highest BCUT2D eigenvalue weighted by Crippen LogP contribution is 2.22. The molecule has 0 spiro atoms. The van der Waals surface area contributed by atoms with E-state index in [2.05, 4.69) is 13.8 Å². The first-order valence-corrected chi connectivity index (χ1v) is 6.65. The summed E-state index contributed by atoms with van der Waals surface area (Å²) in [5.74, 6) is -0.642. The van der Waals surface area contributed by atoms with Crippen LogP contribution in [0.5, 0.6) is 0 Å². The van der Waals surface area contributed by atoms with Crippen LogP contribution in [0.2, 0.25) is 0 Å². The second kappa shape index (κ2) is 5.43. The Bertz CT molecular complexity index is 582. The smallest absolute Gasteiger partial charge is 0.328 e. The lowest BCUT2D eigenvalue weighted by Gasteiger charge is -2.15. The topological polar surface area (TPSA) is 59.3 Å². The molecule has 1 aromatic heterocycles. The third-order valence-electron chi connectivity index (χ3n) is 3.33. The number of hydrogen-bond acceptors (Lipinski definition) is 2. The van der Waals surface area contributed by atoms with Gasteiger partial charge in [-0.25, -0.2) is 4.79 Å². The SMILES string of the molecule is CC(C)Cn1c2c(cc(/C=C/C(=O)O)c1=O)CCC2. The summed E-state index contributed by atoms with van der Waals surface area (Å²) in [5.41, 5.74) is 2.71. The molecule has 4 heteroatoms. The van der Waals surface area contributed by atoms with E-state index in [1.807, 2.05) is 10.6 Å². The van der Waals surface area contributed by atoms with Crippen molar-refractivity contribution in [2.24, 2.45) is 5.92 Å². The van der Waals surface area contributed by atoms with Gasteiger partial charge in [0.25, 0.3) is 5.56 Å². The number of aryl methyl sites for hydroxylation is 1. The maximum atomic E-state index is 12.4. The third-order valence-corrected chi connectivity index (χ3v) is 3.33. The molecule has 0 radical (unpaired) electrons. The first-order valence-electron chi connectivity index (χ1n) is 6.65. The zero-order valence-corrected chi connectivity index (χ0v) is 11.3. The molecule has 0 fully saturated rings. The second-order valence-corrected chi connectivity index (χ2v) is 5.41. The first-order chi connectivity index (χ1) is 8.99. The van der Waals surface area contributed by atoms with Gasteiger partial charge < -0.3 is 9.67 Å². The number of fused-ring (bicyclic) bond motifs is 1. The van der Waals surface area contributed by atoms with Crippen LogP contribution in [0.1, 0.15) is 37.1 Å². The van der Waals surface area contributed by atoms with Crippen molar-refractivity contribution >= 4 is 12.0 Å². The normalized spacial score (nSPS) is 14.3. The van der Waals surface area contributed by atoms with Crippen molar-refractivity contribution in [3.05, 3.63) is 39.3 Å². The molecule has 19 heavy (non-hydrogen) atoms. The third kappa shape index (κ3) is 2.95. The molecule has 1 aliphatic rings. The van der Waals surface area contributed by atoms with Crippen LogP contribution in [-0.4, -0.2) is 15.6 Å². The van der Waals surface area contributed by atoms with E-state index in [9.17, 15) is 9.59 Å². The van der Waals surface area contributed by atoms with Gasteiger partial charge in [-0.2, -0.15) is 0 Å². The molecule has 0 saturated carbocycles. The fraction of sp³-hybridized carbons (Fsp3) is 0.467. The Morgan fingerprint density at radius 1 is 1.47 bits per heavy atom. The highest BCUT2D eigenvalue weighted by molar-refractivity contribution is 5.85. The van der Waals surface area contributed by atoms with Gasteiger partial charge in [-0.3, -0.25) is 4.79 Å². The quantitative estimate of drug-likeness (QED) is 0.844. The zero-order valence-electron chi connectivity index (χ0n) is 11.3. The van der Waals surface area contributed by atoms with E-state index in [4.69, 9.17) is 5.11 Å². The van der Waals surface area contributed by atoms with Crippen LogP contribution < -0.4 is 5.56 Å². The van der Waals surface area contributed by atoms with Crippen LogP contribution >= 0.6 is 0 Å². The number of aromatic nitrogens is 1. The lowest BCUT2D eigenvalue weighted by atomic mass is 10.1. The minimum Gasteiger partial charge on any atom is -0.478 e. The average molecular weight is 261 g/mol. The van der Waals surface area contributed by atoms with Crippen molar-refractivity contribution in [1.29, 1.82) is 0 Å². The number of carboxylic acid groups (broad SMARTS) is 1. The molecule has 0 saturated heterocycles. The molecule has 2 rings (SSSR count). The number of carbonyl (C=O) groups is 1. The van der Waals surface area contributed by atoms with Gasteiger partial charge in [0.05, 0.1) is 0 Å². The van der Waals surface area contributed by atoms with Crippen molar-refractivity contribution in [1.82, 2.24) is 4.57 Å². The maximum absolute atomic E-state index is 12.4. The molecule has 0 atom stereocenters. The molecule has 0 aliphatic heterocycles. The fourth-order valence-electron chi connectivity index (χ4n) is 2.58. The molecular formula is C15H19NO3. The van der Waals surface area contributed by atoms with Gasteiger partial charge in [-0.1, -0.05) is 13.8 Å². The molecule has 0 bridgehead atoms. The number of rotatable bonds is 4. The minimum absolute atomic E-state index is 0.0770. The van der Waals surface area contributed by atoms with E-state index in [-0.39, 0.29) is 5.56 Å². The summed E-state index contributed by atoms with van der Waals surface area (Å²) in [5, 5.41) is 8.68. The van der Waals surface area contributed by atoms with Crippen molar-refractivity contribution in [3.63, 3.8) is 0 Å². The molecule has 102 valence electrons.